The summed E-state index contributed by atoms with van der Waals surface area (Å²) in [5, 5.41) is 15.4. The molecule has 0 heterocycles. The van der Waals surface area contributed by atoms with E-state index in [0.717, 1.165) is 25.7 Å². The lowest BCUT2D eigenvalue weighted by molar-refractivity contribution is -0.0618. The topological polar surface area (TPSA) is 78.2 Å². The summed E-state index contributed by atoms with van der Waals surface area (Å²) in [5.74, 6) is 0. The number of nitrogens with zero attached hydrogens (tertiary/aromatic N) is 3. The third kappa shape index (κ3) is 5.65. The van der Waals surface area contributed by atoms with Crippen LogP contribution in [0.1, 0.15) is 44.6 Å². The highest BCUT2D eigenvalue weighted by Gasteiger charge is 2.41. The molecule has 0 saturated heterocycles. The second-order valence-corrected chi connectivity index (χ2v) is 9.19. The van der Waals surface area contributed by atoms with E-state index in [1.807, 2.05) is 13.1 Å². The molecule has 0 aliphatic rings. The second kappa shape index (κ2) is 10.3. The van der Waals surface area contributed by atoms with Crippen LogP contribution in [0.2, 0.25) is 23.1 Å². The first-order chi connectivity index (χ1) is 11.4. The predicted molar refractivity (Wildman–Crippen MR) is 102 cm³/mol. The summed E-state index contributed by atoms with van der Waals surface area (Å²) in [4.78, 5) is 2.94. The summed E-state index contributed by atoms with van der Waals surface area (Å²) < 4.78 is 6.04. The van der Waals surface area contributed by atoms with Crippen LogP contribution >= 0.6 is 23.2 Å². The predicted octanol–water partition coefficient (Wildman–Crippen LogP) is 5.79. The minimum absolute atomic E-state index is 0.332. The first-order valence-corrected chi connectivity index (χ1v) is 11.8. The van der Waals surface area contributed by atoms with Gasteiger partial charge in [-0.25, -0.2) is 0 Å². The molecular weight excluding hydrogens is 365 g/mol. The van der Waals surface area contributed by atoms with Crippen LogP contribution in [0.15, 0.2) is 23.3 Å². The monoisotopic (exact) mass is 389 g/mol. The summed E-state index contributed by atoms with van der Waals surface area (Å²) in [6.07, 6.45) is 3.61. The molecule has 0 aromatic heterocycles. The zero-order valence-corrected chi connectivity index (χ0v) is 17.0. The first kappa shape index (κ1) is 21.3. The molecule has 1 unspecified atom stereocenters. The molecule has 134 valence electrons. The molecule has 8 heteroatoms. The summed E-state index contributed by atoms with van der Waals surface area (Å²) in [6, 6.07) is 4.91. The molecule has 5 nitrogen and oxygen atoms in total. The fourth-order valence-electron chi connectivity index (χ4n) is 2.59. The van der Waals surface area contributed by atoms with E-state index in [9.17, 15) is 5.11 Å². The van der Waals surface area contributed by atoms with Gasteiger partial charge in [0.15, 0.2) is 14.8 Å². The van der Waals surface area contributed by atoms with E-state index in [0.29, 0.717) is 22.0 Å². The van der Waals surface area contributed by atoms with Crippen LogP contribution in [0.5, 0.6) is 0 Å². The van der Waals surface area contributed by atoms with Gasteiger partial charge >= 0.3 is 0 Å². The Hall–Kier alpha value is -0.753. The van der Waals surface area contributed by atoms with E-state index in [4.69, 9.17) is 33.2 Å². The molecule has 0 aliphatic heterocycles. The highest BCUT2D eigenvalue weighted by Crippen LogP contribution is 2.37. The van der Waals surface area contributed by atoms with Crippen LogP contribution in [0.25, 0.3) is 10.4 Å². The molecule has 0 amide bonds. The SMILES string of the molecule is CCCCCC[C@@H](O)C(N=[N+]=[N-])(O[SiH](C)C)c1ccc(Cl)c(Cl)c1. The Balaban J connectivity index is 3.22. The number of unbranched alkanes of at least 4 members (excludes halogenated alkanes) is 3. The van der Waals surface area contributed by atoms with Crippen molar-refractivity contribution in [2.24, 2.45) is 5.11 Å². The summed E-state index contributed by atoms with van der Waals surface area (Å²) in [5.41, 5.74) is 8.15. The molecule has 0 saturated carbocycles. The van der Waals surface area contributed by atoms with E-state index >= 15 is 0 Å². The van der Waals surface area contributed by atoms with Gasteiger partial charge in [0.1, 0.15) is 0 Å². The molecular formula is C16H25Cl2N3O2Si. The maximum atomic E-state index is 10.8. The van der Waals surface area contributed by atoms with Gasteiger partial charge in [0.05, 0.1) is 16.1 Å². The van der Waals surface area contributed by atoms with Crippen molar-refractivity contribution >= 4 is 32.2 Å². The normalized spacial score (nSPS) is 15.0. The Morgan fingerprint density at radius 1 is 1.29 bits per heavy atom. The maximum Gasteiger partial charge on any atom is 0.187 e. The van der Waals surface area contributed by atoms with Gasteiger partial charge in [-0.05, 0) is 42.7 Å². The van der Waals surface area contributed by atoms with Crippen molar-refractivity contribution in [1.82, 2.24) is 0 Å². The Bertz CT molecular complexity index is 582. The van der Waals surface area contributed by atoms with Gasteiger partial charge < -0.3 is 9.53 Å². The molecule has 0 fully saturated rings. The van der Waals surface area contributed by atoms with Crippen molar-refractivity contribution in [2.75, 3.05) is 0 Å². The van der Waals surface area contributed by atoms with Crippen LogP contribution in [0, 0.1) is 0 Å². The van der Waals surface area contributed by atoms with Crippen molar-refractivity contribution in [3.63, 3.8) is 0 Å². The van der Waals surface area contributed by atoms with Gasteiger partial charge in [-0.3, -0.25) is 0 Å². The lowest BCUT2D eigenvalue weighted by Gasteiger charge is -2.36. The highest BCUT2D eigenvalue weighted by molar-refractivity contribution is 6.48. The average molecular weight is 390 g/mol. The smallest absolute Gasteiger partial charge is 0.187 e. The fourth-order valence-corrected chi connectivity index (χ4v) is 3.95. The van der Waals surface area contributed by atoms with Crippen LogP contribution in [0.4, 0.5) is 0 Å². The van der Waals surface area contributed by atoms with Crippen LogP contribution < -0.4 is 0 Å². The Morgan fingerprint density at radius 2 is 2.00 bits per heavy atom. The van der Waals surface area contributed by atoms with Crippen LogP contribution in [-0.4, -0.2) is 20.3 Å². The zero-order chi connectivity index (χ0) is 18.2. The van der Waals surface area contributed by atoms with Crippen molar-refractivity contribution < 1.29 is 9.53 Å². The van der Waals surface area contributed by atoms with Crippen molar-refractivity contribution in [1.29, 1.82) is 0 Å². The minimum atomic E-state index is -1.63. The van der Waals surface area contributed by atoms with Gasteiger partial charge in [-0.2, -0.15) is 0 Å². The number of hydrogen-bond donors (Lipinski definition) is 1. The maximum absolute atomic E-state index is 10.8. The third-order valence-electron chi connectivity index (χ3n) is 3.72. The minimum Gasteiger partial charge on any atom is -0.404 e. The second-order valence-electron chi connectivity index (χ2n) is 6.05. The number of rotatable bonds is 10. The standard InChI is InChI=1S/C16H25Cl2N3O2Si/c1-4-5-6-7-8-15(22)16(20-21-19,23-24(2)3)12-9-10-13(17)14(18)11-12/h9-11,15,22,24H,4-8H2,1-3H3/t15-,16?/m1/s1. The zero-order valence-electron chi connectivity index (χ0n) is 14.4. The molecule has 0 radical (unpaired) electrons. The summed E-state index contributed by atoms with van der Waals surface area (Å²) in [6.45, 7) is 6.05. The average Bonchev–Trinajstić information content (AvgIpc) is 2.53. The van der Waals surface area contributed by atoms with E-state index in [-0.39, 0.29) is 0 Å². The molecule has 1 aromatic carbocycles. The van der Waals surface area contributed by atoms with Gasteiger partial charge in [0.2, 0.25) is 0 Å². The Kier molecular flexibility index (Phi) is 9.12. The van der Waals surface area contributed by atoms with E-state index in [1.165, 1.54) is 0 Å². The quantitative estimate of drug-likeness (QED) is 0.180. The molecule has 24 heavy (non-hydrogen) atoms. The molecule has 0 spiro atoms. The lowest BCUT2D eigenvalue weighted by atomic mass is 9.93. The molecule has 0 bridgehead atoms. The molecule has 2 atom stereocenters. The number of hydrogen-bond acceptors (Lipinski definition) is 3. The number of benzene rings is 1. The number of aliphatic hydroxyl groups excluding tert-OH is 1. The number of halogens is 2. The van der Waals surface area contributed by atoms with Crippen molar-refractivity contribution in [3.05, 3.63) is 44.3 Å². The molecule has 0 aliphatic carbocycles. The van der Waals surface area contributed by atoms with Crippen LogP contribution in [-0.2, 0) is 10.2 Å². The Morgan fingerprint density at radius 3 is 2.54 bits per heavy atom. The molecule has 1 rings (SSSR count). The van der Waals surface area contributed by atoms with Gasteiger partial charge in [-0.1, -0.05) is 67.0 Å². The summed E-state index contributed by atoms with van der Waals surface area (Å²) >= 11 is 12.1. The highest BCUT2D eigenvalue weighted by atomic mass is 35.5. The number of aliphatic hydroxyl groups is 1. The molecule has 1 aromatic rings. The van der Waals surface area contributed by atoms with Gasteiger partial charge in [-0.15, -0.1) is 0 Å². The van der Waals surface area contributed by atoms with E-state index < -0.39 is 20.9 Å². The van der Waals surface area contributed by atoms with E-state index in [1.54, 1.807) is 18.2 Å². The van der Waals surface area contributed by atoms with Crippen LogP contribution in [0.3, 0.4) is 0 Å². The summed E-state index contributed by atoms with van der Waals surface area (Å²) in [7, 11) is -1.63. The van der Waals surface area contributed by atoms with Gasteiger partial charge in [0.25, 0.3) is 0 Å². The van der Waals surface area contributed by atoms with Crippen molar-refractivity contribution in [2.45, 2.75) is 64.0 Å². The van der Waals surface area contributed by atoms with Crippen molar-refractivity contribution in [3.8, 4) is 0 Å². The lowest BCUT2D eigenvalue weighted by Crippen LogP contribution is -2.43. The number of azide groups is 1. The largest absolute Gasteiger partial charge is 0.404 e. The fraction of sp³-hybridized carbons (Fsp3) is 0.625. The molecule has 1 N–H and O–H groups in total. The first-order valence-electron chi connectivity index (χ1n) is 8.25. The Labute approximate surface area is 155 Å². The third-order valence-corrected chi connectivity index (χ3v) is 5.29. The van der Waals surface area contributed by atoms with Gasteiger partial charge in [0, 0.05) is 4.91 Å². The van der Waals surface area contributed by atoms with E-state index in [2.05, 4.69) is 16.9 Å².